The maximum absolute atomic E-state index is 14.0. The maximum Gasteiger partial charge on any atom is 0.202 e. The van der Waals surface area contributed by atoms with Crippen LogP contribution in [-0.2, 0) is 0 Å². The van der Waals surface area contributed by atoms with Crippen LogP contribution in [0.15, 0.2) is 16.7 Å². The quantitative estimate of drug-likeness (QED) is 0.512. The van der Waals surface area contributed by atoms with Gasteiger partial charge in [0.05, 0.1) is 0 Å². The van der Waals surface area contributed by atoms with Gasteiger partial charge < -0.3 is 10.2 Å². The van der Waals surface area contributed by atoms with Crippen molar-refractivity contribution in [3.05, 3.63) is 22.5 Å². The number of nitrogens with zero attached hydrogens (tertiary/aromatic N) is 4. The molecule has 0 spiro atoms. The Labute approximate surface area is 141 Å². The van der Waals surface area contributed by atoms with Gasteiger partial charge in [0.25, 0.3) is 0 Å². The summed E-state index contributed by atoms with van der Waals surface area (Å²) in [6, 6.07) is 0.173. The third kappa shape index (κ3) is 3.44. The van der Waals surface area contributed by atoms with Gasteiger partial charge in [-0.1, -0.05) is 23.4 Å². The molecule has 1 saturated heterocycles. The van der Waals surface area contributed by atoms with Crippen LogP contribution in [0.5, 0.6) is 0 Å². The van der Waals surface area contributed by atoms with Gasteiger partial charge in [-0.25, -0.2) is 15.0 Å². The highest BCUT2D eigenvalue weighted by Gasteiger charge is 2.23. The molecule has 0 amide bonds. The summed E-state index contributed by atoms with van der Waals surface area (Å²) in [5.74, 6) is -0.390. The molecular formula is C13H15ClFN5S2. The first kappa shape index (κ1) is 15.8. The van der Waals surface area contributed by atoms with Crippen LogP contribution in [-0.4, -0.2) is 40.3 Å². The zero-order valence-electron chi connectivity index (χ0n) is 11.9. The maximum atomic E-state index is 14.0. The summed E-state index contributed by atoms with van der Waals surface area (Å²) >= 11 is 8.79. The molecule has 9 heteroatoms. The van der Waals surface area contributed by atoms with Crippen molar-refractivity contribution < 1.29 is 4.39 Å². The van der Waals surface area contributed by atoms with Crippen LogP contribution in [0.2, 0.25) is 5.15 Å². The van der Waals surface area contributed by atoms with E-state index in [1.54, 1.807) is 11.3 Å². The molecule has 1 aliphatic rings. The van der Waals surface area contributed by atoms with Crippen LogP contribution in [0, 0.1) is 5.82 Å². The highest BCUT2D eigenvalue weighted by molar-refractivity contribution is 7.98. The number of hydrogen-bond donors (Lipinski definition) is 1. The van der Waals surface area contributed by atoms with Crippen LogP contribution in [0.25, 0.3) is 0 Å². The fourth-order valence-electron chi connectivity index (χ4n) is 2.37. The minimum Gasteiger partial charge on any atom is -0.365 e. The molecule has 3 rings (SSSR count). The molecule has 2 aromatic heterocycles. The minimum atomic E-state index is -0.582. The Hall–Kier alpha value is -1.12. The highest BCUT2D eigenvalue weighted by atomic mass is 35.5. The predicted molar refractivity (Wildman–Crippen MR) is 89.8 cm³/mol. The largest absolute Gasteiger partial charge is 0.365 e. The van der Waals surface area contributed by atoms with Gasteiger partial charge in [-0.15, -0.1) is 11.3 Å². The van der Waals surface area contributed by atoms with E-state index in [2.05, 4.69) is 25.2 Å². The average molecular weight is 360 g/mol. The summed E-state index contributed by atoms with van der Waals surface area (Å²) < 4.78 is 14.0. The summed E-state index contributed by atoms with van der Waals surface area (Å²) in [6.07, 6.45) is 5.44. The first-order valence-corrected chi connectivity index (χ1v) is 9.33. The molecule has 3 heterocycles. The molecule has 118 valence electrons. The summed E-state index contributed by atoms with van der Waals surface area (Å²) in [6.45, 7) is 1.78. The molecule has 0 aromatic carbocycles. The van der Waals surface area contributed by atoms with Gasteiger partial charge in [0.2, 0.25) is 5.82 Å². The summed E-state index contributed by atoms with van der Waals surface area (Å²) in [5.41, 5.74) is 0. The Morgan fingerprint density at radius 1 is 1.41 bits per heavy atom. The summed E-state index contributed by atoms with van der Waals surface area (Å²) in [7, 11) is 0. The summed E-state index contributed by atoms with van der Waals surface area (Å²) in [4.78, 5) is 14.6. The van der Waals surface area contributed by atoms with E-state index in [1.807, 2.05) is 17.8 Å². The molecule has 5 nitrogen and oxygen atoms in total. The SMILES string of the molecule is CSc1nc(Cl)c(F)c(NC2CCN(c3nccs3)CC2)n1. The fraction of sp³-hybridized carbons (Fsp3) is 0.462. The van der Waals surface area contributed by atoms with Crippen LogP contribution in [0.1, 0.15) is 12.8 Å². The fourth-order valence-corrected chi connectivity index (χ4v) is 3.65. The van der Waals surface area contributed by atoms with Gasteiger partial charge in [-0.05, 0) is 19.1 Å². The Balaban J connectivity index is 1.64. The second kappa shape index (κ2) is 6.97. The molecule has 22 heavy (non-hydrogen) atoms. The van der Waals surface area contributed by atoms with Gasteiger partial charge in [0.1, 0.15) is 0 Å². The number of nitrogens with one attached hydrogen (secondary N) is 1. The summed E-state index contributed by atoms with van der Waals surface area (Å²) in [5, 5.41) is 6.51. The number of anilines is 2. The Morgan fingerprint density at radius 2 is 2.18 bits per heavy atom. The zero-order valence-corrected chi connectivity index (χ0v) is 14.3. The van der Waals surface area contributed by atoms with Crippen molar-refractivity contribution in [2.24, 2.45) is 0 Å². The second-order valence-corrected chi connectivity index (χ2v) is 6.89. The molecule has 0 unspecified atom stereocenters. The average Bonchev–Trinajstić information content (AvgIpc) is 3.06. The molecule has 0 saturated carbocycles. The number of hydrogen-bond acceptors (Lipinski definition) is 7. The Kier molecular flexibility index (Phi) is 5.00. The van der Waals surface area contributed by atoms with Gasteiger partial charge in [0, 0.05) is 30.7 Å². The number of thioether (sulfide) groups is 1. The molecule has 0 bridgehead atoms. The van der Waals surface area contributed by atoms with E-state index in [9.17, 15) is 4.39 Å². The van der Waals surface area contributed by atoms with Crippen LogP contribution >= 0.6 is 34.7 Å². The van der Waals surface area contributed by atoms with Gasteiger partial charge in [-0.2, -0.15) is 4.39 Å². The van der Waals surface area contributed by atoms with Crippen LogP contribution < -0.4 is 10.2 Å². The lowest BCUT2D eigenvalue weighted by molar-refractivity contribution is 0.517. The van der Waals surface area contributed by atoms with Crippen molar-refractivity contribution in [2.75, 3.05) is 29.6 Å². The first-order chi connectivity index (χ1) is 10.7. The van der Waals surface area contributed by atoms with E-state index in [-0.39, 0.29) is 17.0 Å². The van der Waals surface area contributed by atoms with Gasteiger partial charge in [0.15, 0.2) is 21.3 Å². The van der Waals surface area contributed by atoms with E-state index in [1.165, 1.54) is 11.8 Å². The normalized spacial score (nSPS) is 16.0. The molecule has 0 aliphatic carbocycles. The smallest absolute Gasteiger partial charge is 0.202 e. The molecule has 0 atom stereocenters. The number of aromatic nitrogens is 3. The topological polar surface area (TPSA) is 53.9 Å². The van der Waals surface area contributed by atoms with Crippen molar-refractivity contribution in [3.8, 4) is 0 Å². The van der Waals surface area contributed by atoms with E-state index in [0.717, 1.165) is 31.1 Å². The van der Waals surface area contributed by atoms with Gasteiger partial charge in [-0.3, -0.25) is 0 Å². The standard InChI is InChI=1S/C13H15ClFN5S2/c1-21-12-18-10(14)9(15)11(19-12)17-8-2-5-20(6-3-8)13-16-4-7-22-13/h4,7-8H,2-3,5-6H2,1H3,(H,17,18,19). The first-order valence-electron chi connectivity index (χ1n) is 6.85. The molecule has 2 aromatic rings. The van der Waals surface area contributed by atoms with E-state index in [0.29, 0.717) is 5.16 Å². The molecule has 1 fully saturated rings. The molecule has 0 radical (unpaired) electrons. The lowest BCUT2D eigenvalue weighted by atomic mass is 10.1. The van der Waals surface area contributed by atoms with Crippen molar-refractivity contribution in [1.82, 2.24) is 15.0 Å². The molecular weight excluding hydrogens is 345 g/mol. The Morgan fingerprint density at radius 3 is 2.82 bits per heavy atom. The lowest BCUT2D eigenvalue weighted by Gasteiger charge is -2.32. The lowest BCUT2D eigenvalue weighted by Crippen LogP contribution is -2.39. The Bertz CT molecular complexity index is 632. The molecule has 1 N–H and O–H groups in total. The monoisotopic (exact) mass is 359 g/mol. The van der Waals surface area contributed by atoms with Crippen LogP contribution in [0.3, 0.4) is 0 Å². The van der Waals surface area contributed by atoms with Crippen molar-refractivity contribution in [3.63, 3.8) is 0 Å². The van der Waals surface area contributed by atoms with Crippen molar-refractivity contribution in [1.29, 1.82) is 0 Å². The number of thiazole rings is 1. The van der Waals surface area contributed by atoms with Crippen molar-refractivity contribution in [2.45, 2.75) is 24.0 Å². The van der Waals surface area contributed by atoms with Crippen molar-refractivity contribution >= 4 is 45.6 Å². The highest BCUT2D eigenvalue weighted by Crippen LogP contribution is 2.26. The van der Waals surface area contributed by atoms with Gasteiger partial charge >= 0.3 is 0 Å². The third-order valence-electron chi connectivity index (χ3n) is 3.50. The minimum absolute atomic E-state index is 0.137. The third-order valence-corrected chi connectivity index (χ3v) is 5.13. The predicted octanol–water partition coefficient (Wildman–Crippen LogP) is 3.53. The van der Waals surface area contributed by atoms with E-state index < -0.39 is 5.82 Å². The number of piperidine rings is 1. The van der Waals surface area contributed by atoms with E-state index >= 15 is 0 Å². The zero-order chi connectivity index (χ0) is 15.5. The second-order valence-electron chi connectivity index (χ2n) is 4.88. The number of halogens is 2. The van der Waals surface area contributed by atoms with E-state index in [4.69, 9.17) is 11.6 Å². The van der Waals surface area contributed by atoms with Crippen LogP contribution in [0.4, 0.5) is 15.3 Å². The molecule has 1 aliphatic heterocycles. The number of rotatable bonds is 4.